The number of esters is 1. The molecule has 10 heteroatoms. The molecule has 0 heterocycles. The van der Waals surface area contributed by atoms with E-state index in [1.165, 1.54) is 154 Å². The fourth-order valence-corrected chi connectivity index (χ4v) is 11.0. The Morgan fingerprint density at radius 2 is 0.719 bits per heavy atom. The molecule has 9 nitrogen and oxygen atoms in total. The molecule has 3 atom stereocenters. The summed E-state index contributed by atoms with van der Waals surface area (Å²) in [5.41, 5.74) is 0. The maximum absolute atomic E-state index is 13.6. The predicted molar refractivity (Wildman–Crippen MR) is 385 cm³/mol. The van der Waals surface area contributed by atoms with E-state index >= 15 is 0 Å². The van der Waals surface area contributed by atoms with Crippen LogP contribution >= 0.6 is 7.82 Å². The minimum atomic E-state index is -4.71. The van der Waals surface area contributed by atoms with Gasteiger partial charge in [-0.2, -0.15) is 0 Å². The van der Waals surface area contributed by atoms with Crippen LogP contribution in [0, 0.1) is 0 Å². The number of ether oxygens (including phenoxy) is 1. The summed E-state index contributed by atoms with van der Waals surface area (Å²) in [5, 5.41) is 3.04. The van der Waals surface area contributed by atoms with Gasteiger partial charge in [-0.25, -0.2) is 0 Å². The third-order valence-electron chi connectivity index (χ3n) is 15.9. The predicted octanol–water partition coefficient (Wildman–Crippen LogP) is 23.2. The van der Waals surface area contributed by atoms with Crippen molar-refractivity contribution in [3.8, 4) is 0 Å². The van der Waals surface area contributed by atoms with E-state index in [0.29, 0.717) is 17.4 Å². The Labute approximate surface area is 550 Å². The zero-order chi connectivity index (χ0) is 64.9. The third kappa shape index (κ3) is 68.6. The fraction of sp³-hybridized carbons (Fsp3) is 0.722. The molecule has 0 spiro atoms. The summed E-state index contributed by atoms with van der Waals surface area (Å²) in [7, 11) is 1.17. The van der Waals surface area contributed by atoms with Gasteiger partial charge >= 0.3 is 5.97 Å². The lowest BCUT2D eigenvalue weighted by atomic mass is 10.0. The molecule has 0 radical (unpaired) electrons. The molecule has 89 heavy (non-hydrogen) atoms. The van der Waals surface area contributed by atoms with Crippen molar-refractivity contribution in [3.63, 3.8) is 0 Å². The number of unbranched alkanes of at least 4 members (excludes halogenated alkanes) is 32. The average Bonchev–Trinajstić information content (AvgIpc) is 3.64. The first-order chi connectivity index (χ1) is 43.4. The minimum Gasteiger partial charge on any atom is -0.756 e. The molecular weight excluding hydrogens is 1120 g/mol. The van der Waals surface area contributed by atoms with Crippen molar-refractivity contribution in [2.24, 2.45) is 0 Å². The van der Waals surface area contributed by atoms with Crippen molar-refractivity contribution in [1.29, 1.82) is 0 Å². The summed E-state index contributed by atoms with van der Waals surface area (Å²) in [6.45, 7) is 6.70. The molecule has 0 aliphatic carbocycles. The van der Waals surface area contributed by atoms with E-state index in [1.54, 1.807) is 0 Å². The van der Waals surface area contributed by atoms with Crippen LogP contribution in [0.4, 0.5) is 0 Å². The van der Waals surface area contributed by atoms with E-state index in [9.17, 15) is 19.0 Å². The Morgan fingerprint density at radius 1 is 0.404 bits per heavy atom. The van der Waals surface area contributed by atoms with Gasteiger partial charge in [0.15, 0.2) is 0 Å². The highest BCUT2D eigenvalue weighted by atomic mass is 31.2. The van der Waals surface area contributed by atoms with Crippen molar-refractivity contribution < 1.29 is 37.3 Å². The van der Waals surface area contributed by atoms with Gasteiger partial charge in [0.1, 0.15) is 19.3 Å². The van der Waals surface area contributed by atoms with Crippen LogP contribution in [0.15, 0.2) is 122 Å². The number of nitrogens with one attached hydrogen (secondary N) is 1. The number of carbonyl (C=O) groups excluding carboxylic acids is 2. The van der Waals surface area contributed by atoms with Crippen LogP contribution in [0.25, 0.3) is 0 Å². The van der Waals surface area contributed by atoms with Crippen LogP contribution in [0.1, 0.15) is 316 Å². The smallest absolute Gasteiger partial charge is 0.306 e. The van der Waals surface area contributed by atoms with Gasteiger partial charge in [0.25, 0.3) is 7.82 Å². The van der Waals surface area contributed by atoms with Gasteiger partial charge in [0.2, 0.25) is 5.91 Å². The number of nitrogens with zero attached hydrogens (tertiary/aromatic N) is 1. The van der Waals surface area contributed by atoms with Gasteiger partial charge in [-0.3, -0.25) is 14.2 Å². The molecule has 0 rings (SSSR count). The topological polar surface area (TPSA) is 114 Å². The molecule has 1 N–H and O–H groups in total. The summed E-state index contributed by atoms with van der Waals surface area (Å²) in [6, 6.07) is -0.901. The van der Waals surface area contributed by atoms with E-state index in [1.807, 2.05) is 33.3 Å². The molecule has 0 saturated heterocycles. The monoisotopic (exact) mass is 1260 g/mol. The van der Waals surface area contributed by atoms with Crippen molar-refractivity contribution >= 4 is 19.7 Å². The number of hydrogen-bond donors (Lipinski definition) is 1. The summed E-state index contributed by atoms with van der Waals surface area (Å²) in [5.74, 6) is -0.552. The Balaban J connectivity index is 5.01. The second kappa shape index (κ2) is 67.3. The first-order valence-corrected chi connectivity index (χ1v) is 38.3. The number of allylic oxidation sites excluding steroid dienone is 19. The lowest BCUT2D eigenvalue weighted by Crippen LogP contribution is -2.47. The van der Waals surface area contributed by atoms with Crippen molar-refractivity contribution in [2.75, 3.05) is 40.9 Å². The Morgan fingerprint density at radius 3 is 1.10 bits per heavy atom. The van der Waals surface area contributed by atoms with Crippen LogP contribution in [0.5, 0.6) is 0 Å². The summed E-state index contributed by atoms with van der Waals surface area (Å²) in [4.78, 5) is 40.2. The van der Waals surface area contributed by atoms with Crippen LogP contribution in [-0.2, 0) is 27.9 Å². The van der Waals surface area contributed by atoms with Gasteiger partial charge in [-0.15, -0.1) is 0 Å². The molecule has 3 unspecified atom stereocenters. The second-order valence-electron chi connectivity index (χ2n) is 25.7. The van der Waals surface area contributed by atoms with Crippen LogP contribution in [-0.4, -0.2) is 69.4 Å². The third-order valence-corrected chi connectivity index (χ3v) is 16.8. The molecule has 1 amide bonds. The number of carbonyl (C=O) groups is 2. The maximum atomic E-state index is 13.6. The van der Waals surface area contributed by atoms with Gasteiger partial charge in [-0.1, -0.05) is 303 Å². The largest absolute Gasteiger partial charge is 0.756 e. The molecular formula is C79H139N2O7P. The quantitative estimate of drug-likeness (QED) is 0.0212. The lowest BCUT2D eigenvalue weighted by molar-refractivity contribution is -0.870. The number of phosphoric ester groups is 1. The standard InChI is InChI=1S/C79H139N2O7P/c1-7-10-13-16-19-22-25-27-29-31-33-35-37-39-40-42-43-45-47-49-51-53-56-59-62-65-68-71-78(82)80-76(75-87-89(84,85)86-74-73-81(4,5)6)77(70-67-64-61-58-55-24-21-18-15-12-9-3)88-79(83)72-69-66-63-60-57-54-52-50-48-46-44-41-38-36-34-32-30-28-26-23-20-17-14-11-8-2/h11,14,19-20,22-23,27-30,33-36,39-41,44,67,70,76-77H,7-10,12-13,15-18,21,24-26,31-32,37-38,42-43,45-66,68-69,71-75H2,1-6H3,(H-,80,82,84,85)/b14-11-,22-19-,23-20-,29-27-,30-28-,35-33-,36-34-,40-39-,44-41-,70-67+. The molecule has 0 aromatic carbocycles. The Hall–Kier alpha value is -3.59. The molecule has 0 bridgehead atoms. The van der Waals surface area contributed by atoms with Crippen LogP contribution in [0.3, 0.4) is 0 Å². The minimum absolute atomic E-state index is 0.0292. The summed E-state index contributed by atoms with van der Waals surface area (Å²) < 4.78 is 30.5. The van der Waals surface area contributed by atoms with Crippen molar-refractivity contribution in [1.82, 2.24) is 5.32 Å². The van der Waals surface area contributed by atoms with Gasteiger partial charge in [0, 0.05) is 12.8 Å². The number of likely N-dealkylation sites (N-methyl/N-ethyl adjacent to an activating group) is 1. The highest BCUT2D eigenvalue weighted by molar-refractivity contribution is 7.45. The first kappa shape index (κ1) is 85.4. The number of phosphoric acid groups is 1. The second-order valence-corrected chi connectivity index (χ2v) is 27.1. The van der Waals surface area contributed by atoms with Crippen molar-refractivity contribution in [3.05, 3.63) is 122 Å². The molecule has 0 aromatic rings. The summed E-state index contributed by atoms with van der Waals surface area (Å²) in [6.07, 6.45) is 94.7. The van der Waals surface area contributed by atoms with E-state index < -0.39 is 26.6 Å². The highest BCUT2D eigenvalue weighted by Gasteiger charge is 2.27. The first-order valence-electron chi connectivity index (χ1n) is 36.8. The SMILES string of the molecule is CC/C=C\C/C=C\C/C=C\C/C=C\C/C=C\CCCCCCCCCCCC(=O)OC(/C=C/CCCCCCCCCCC)C(COP(=O)([O-])OCC[N+](C)(C)C)NC(=O)CCCCCCCCCCCCC/C=C\C/C=C\C/C=C\C/C=C\CCCCC. The fourth-order valence-electron chi connectivity index (χ4n) is 10.2. The maximum Gasteiger partial charge on any atom is 0.306 e. The van der Waals surface area contributed by atoms with E-state index in [-0.39, 0.29) is 24.9 Å². The molecule has 512 valence electrons. The average molecular weight is 1260 g/mol. The van der Waals surface area contributed by atoms with E-state index in [4.69, 9.17) is 13.8 Å². The van der Waals surface area contributed by atoms with E-state index in [0.717, 1.165) is 128 Å². The zero-order valence-electron chi connectivity index (χ0n) is 58.6. The van der Waals surface area contributed by atoms with E-state index in [2.05, 4.69) is 135 Å². The molecule has 0 saturated carbocycles. The molecule has 0 aromatic heterocycles. The van der Waals surface area contributed by atoms with Crippen molar-refractivity contribution in [2.45, 2.75) is 328 Å². The van der Waals surface area contributed by atoms with Gasteiger partial charge < -0.3 is 28.5 Å². The molecule has 0 aliphatic rings. The lowest BCUT2D eigenvalue weighted by Gasteiger charge is -2.30. The Bertz CT molecular complexity index is 1940. The number of rotatable bonds is 66. The van der Waals surface area contributed by atoms with Gasteiger partial charge in [-0.05, 0) is 122 Å². The number of hydrogen-bond acceptors (Lipinski definition) is 7. The normalized spacial score (nSPS) is 14.2. The summed E-state index contributed by atoms with van der Waals surface area (Å²) >= 11 is 0. The Kier molecular flexibility index (Phi) is 64.6. The highest BCUT2D eigenvalue weighted by Crippen LogP contribution is 2.38. The van der Waals surface area contributed by atoms with Crippen LogP contribution in [0.2, 0.25) is 0 Å². The van der Waals surface area contributed by atoms with Gasteiger partial charge in [0.05, 0.1) is 33.8 Å². The molecule has 0 fully saturated rings. The number of amides is 1. The zero-order valence-corrected chi connectivity index (χ0v) is 59.5. The van der Waals surface area contributed by atoms with Crippen LogP contribution < -0.4 is 10.2 Å². The number of quaternary nitrogens is 1. The molecule has 0 aliphatic heterocycles.